The number of aliphatic hydroxyl groups is 3. The smallest absolute Gasteiger partial charge is 0.309 e. The molecule has 3 saturated carbocycles. The number of nitrogens with two attached hydrogens (primary N) is 1. The lowest BCUT2D eigenvalue weighted by molar-refractivity contribution is -0.158. The molecule has 0 unspecified atom stereocenters. The van der Waals surface area contributed by atoms with Crippen molar-refractivity contribution >= 4 is 5.97 Å². The number of phenolic OH excluding ortho intramolecular Hbond substituents is 2. The van der Waals surface area contributed by atoms with E-state index in [0.29, 0.717) is 80.3 Å². The second-order valence-corrected chi connectivity index (χ2v) is 21.8. The zero-order valence-electron chi connectivity index (χ0n) is 40.3. The Balaban J connectivity index is 1.09. The number of carbonyl (C=O) groups is 1. The summed E-state index contributed by atoms with van der Waals surface area (Å²) in [7, 11) is 0. The number of aromatic amines is 1. The SMILES string of the molecule is CCCCC[C@@H]1C=C[C@@H](CCCC[C@H]2CC[C@@H](c3ccc(-c4cc(O)cc(O)c4Cc4ccc(C(C)C)cc4)[nH]3)[C@@H]3C[C@@H](CC4=CCNC(N)=C4)[C@H]4CC[C@H](C[C@]43O)[C@H](O)[C@@H]2C(=O)O)[C@H](O)C1. The molecule has 5 aliphatic rings. The van der Waals surface area contributed by atoms with Crippen molar-refractivity contribution in [3.63, 3.8) is 0 Å². The average molecular weight is 918 g/mol. The molecule has 2 bridgehead atoms. The first-order valence-corrected chi connectivity index (χ1v) is 25.9. The Hall–Kier alpha value is -4.51. The van der Waals surface area contributed by atoms with Crippen LogP contribution in [0.1, 0.15) is 158 Å². The van der Waals surface area contributed by atoms with Gasteiger partial charge in [0.25, 0.3) is 0 Å². The van der Waals surface area contributed by atoms with Crippen molar-refractivity contribution in [2.45, 2.75) is 160 Å². The van der Waals surface area contributed by atoms with E-state index in [1.165, 1.54) is 36.5 Å². The second-order valence-electron chi connectivity index (χ2n) is 21.8. The molecule has 10 heteroatoms. The molecule has 2 heterocycles. The number of dihydropyridines is 1. The minimum atomic E-state index is -1.12. The van der Waals surface area contributed by atoms with Crippen LogP contribution in [0.15, 0.2) is 84.2 Å². The first-order chi connectivity index (χ1) is 32.2. The molecular weight excluding hydrogens is 839 g/mol. The van der Waals surface area contributed by atoms with Gasteiger partial charge in [0.2, 0.25) is 0 Å². The van der Waals surface area contributed by atoms with Crippen molar-refractivity contribution in [1.82, 2.24) is 10.3 Å². The molecule has 364 valence electrons. The van der Waals surface area contributed by atoms with E-state index in [4.69, 9.17) is 5.73 Å². The van der Waals surface area contributed by atoms with Crippen LogP contribution >= 0.6 is 0 Å². The third-order valence-corrected chi connectivity index (χ3v) is 17.2. The monoisotopic (exact) mass is 918 g/mol. The lowest BCUT2D eigenvalue weighted by atomic mass is 9.60. The highest BCUT2D eigenvalue weighted by molar-refractivity contribution is 5.72. The first kappa shape index (κ1) is 48.9. The minimum absolute atomic E-state index is 0.0189. The van der Waals surface area contributed by atoms with Crippen LogP contribution < -0.4 is 11.1 Å². The average Bonchev–Trinajstić information content (AvgIpc) is 3.89. The van der Waals surface area contributed by atoms with Crippen LogP contribution in [-0.4, -0.2) is 65.9 Å². The number of benzene rings is 2. The second kappa shape index (κ2) is 21.4. The molecule has 10 nitrogen and oxygen atoms in total. The van der Waals surface area contributed by atoms with Crippen molar-refractivity contribution in [2.24, 2.45) is 53.1 Å². The van der Waals surface area contributed by atoms with Gasteiger partial charge in [-0.25, -0.2) is 0 Å². The minimum Gasteiger partial charge on any atom is -0.508 e. The number of aromatic hydroxyl groups is 2. The summed E-state index contributed by atoms with van der Waals surface area (Å²) in [5.41, 5.74) is 11.7. The number of aliphatic hydroxyl groups excluding tert-OH is 2. The number of carboxylic acids is 1. The van der Waals surface area contributed by atoms with Crippen LogP contribution in [0, 0.1) is 47.3 Å². The number of unbranched alkanes of at least 4 members (excludes halogenated alkanes) is 3. The molecule has 0 amide bonds. The summed E-state index contributed by atoms with van der Waals surface area (Å²) in [6.07, 6.45) is 21.0. The topological polar surface area (TPSA) is 192 Å². The van der Waals surface area contributed by atoms with Crippen LogP contribution in [0.4, 0.5) is 0 Å². The number of phenols is 2. The molecule has 0 saturated heterocycles. The summed E-state index contributed by atoms with van der Waals surface area (Å²) in [6, 6.07) is 15.7. The Morgan fingerprint density at radius 1 is 0.881 bits per heavy atom. The van der Waals surface area contributed by atoms with Gasteiger partial charge in [-0.1, -0.05) is 95.4 Å². The number of carboxylic acid groups (broad SMARTS) is 1. The maximum Gasteiger partial charge on any atom is 0.309 e. The Morgan fingerprint density at radius 2 is 1.66 bits per heavy atom. The molecule has 0 radical (unpaired) electrons. The molecule has 10 N–H and O–H groups in total. The maximum absolute atomic E-state index is 13.4. The molecule has 1 aromatic heterocycles. The number of hydrogen-bond acceptors (Lipinski definition) is 8. The van der Waals surface area contributed by atoms with Gasteiger partial charge in [0.1, 0.15) is 11.5 Å². The summed E-state index contributed by atoms with van der Waals surface area (Å²) >= 11 is 0. The highest BCUT2D eigenvalue weighted by Gasteiger charge is 2.60. The quantitative estimate of drug-likeness (QED) is 0.0468. The number of allylic oxidation sites excluding steroid dienone is 3. The van der Waals surface area contributed by atoms with Crippen molar-refractivity contribution < 1.29 is 35.4 Å². The van der Waals surface area contributed by atoms with Gasteiger partial charge in [-0.15, -0.1) is 0 Å². The van der Waals surface area contributed by atoms with Crippen LogP contribution in [0.25, 0.3) is 11.3 Å². The zero-order valence-corrected chi connectivity index (χ0v) is 40.3. The van der Waals surface area contributed by atoms with Crippen LogP contribution in [-0.2, 0) is 11.2 Å². The summed E-state index contributed by atoms with van der Waals surface area (Å²) in [4.78, 5) is 17.2. The number of hydrogen-bond donors (Lipinski definition) is 9. The van der Waals surface area contributed by atoms with Crippen LogP contribution in [0.5, 0.6) is 11.5 Å². The summed E-state index contributed by atoms with van der Waals surface area (Å²) in [6.45, 7) is 7.21. The lowest BCUT2D eigenvalue weighted by Gasteiger charge is -2.49. The van der Waals surface area contributed by atoms with Crippen molar-refractivity contribution in [3.8, 4) is 22.8 Å². The first-order valence-electron chi connectivity index (χ1n) is 25.9. The third kappa shape index (κ3) is 11.0. The van der Waals surface area contributed by atoms with Gasteiger partial charge in [0, 0.05) is 53.4 Å². The fraction of sp³-hybridized carbons (Fsp3) is 0.596. The molecular formula is C57H79N3O7. The summed E-state index contributed by atoms with van der Waals surface area (Å²) < 4.78 is 0. The van der Waals surface area contributed by atoms with Gasteiger partial charge in [0.05, 0.1) is 29.5 Å². The molecule has 3 fully saturated rings. The standard InChI is InChI=1S/C57H79N3O7/c1-4-5-6-9-35-14-17-39(51(62)28-35)10-7-8-11-40-18-20-44(49-22-23-50(60-49)45-31-43(61)32-52(63)46(45)27-36-12-15-38(16-13-36)34(2)3)48-30-42(26-37-24-25-59-53(58)29-37)47-21-19-41(33-57(47,48)67)55(64)54(40)56(65)66/h12-17,22-24,29,31-32,34-35,39-42,44,47-48,51,54-55,59-64,67H,4-11,18-21,25-28,30,33,58H2,1-3H3,(H,65,66)/t35-,39-,40+,41-,42-,44-,47-,48+,51-,54-,55+,57+/m1/s1. The number of aromatic nitrogens is 1. The van der Waals surface area contributed by atoms with E-state index in [-0.39, 0.29) is 59.0 Å². The normalized spacial score (nSPS) is 31.8. The number of fused-ring (bicyclic) bond motifs is 1. The van der Waals surface area contributed by atoms with Gasteiger partial charge in [0.15, 0.2) is 0 Å². The predicted molar refractivity (Wildman–Crippen MR) is 265 cm³/mol. The van der Waals surface area contributed by atoms with Gasteiger partial charge in [-0.2, -0.15) is 0 Å². The highest BCUT2D eigenvalue weighted by atomic mass is 16.4. The molecule has 3 aromatic rings. The zero-order chi connectivity index (χ0) is 47.4. The number of rotatable bonds is 17. The molecule has 67 heavy (non-hydrogen) atoms. The molecule has 12 atom stereocenters. The summed E-state index contributed by atoms with van der Waals surface area (Å²) in [5.74, 6) is -1.12. The highest BCUT2D eigenvalue weighted by Crippen LogP contribution is 2.61. The molecule has 2 aromatic carbocycles. The third-order valence-electron chi connectivity index (χ3n) is 17.2. The van der Waals surface area contributed by atoms with E-state index in [9.17, 15) is 35.4 Å². The van der Waals surface area contributed by atoms with Crippen molar-refractivity contribution in [1.29, 1.82) is 0 Å². The largest absolute Gasteiger partial charge is 0.508 e. The van der Waals surface area contributed by atoms with E-state index in [1.807, 2.05) is 12.1 Å². The Kier molecular flexibility index (Phi) is 15.6. The number of H-pyrrole nitrogens is 1. The predicted octanol–water partition coefficient (Wildman–Crippen LogP) is 10.6. The van der Waals surface area contributed by atoms with E-state index in [1.54, 1.807) is 6.07 Å². The van der Waals surface area contributed by atoms with Gasteiger partial charge in [-0.3, -0.25) is 4.79 Å². The molecule has 0 spiro atoms. The van der Waals surface area contributed by atoms with Gasteiger partial charge >= 0.3 is 5.97 Å². The molecule has 4 aliphatic carbocycles. The Labute approximate surface area is 398 Å². The molecule has 8 rings (SSSR count). The number of nitrogens with one attached hydrogen (secondary N) is 2. The van der Waals surface area contributed by atoms with Gasteiger partial charge in [-0.05, 0) is 153 Å². The van der Waals surface area contributed by atoms with E-state index >= 15 is 0 Å². The Morgan fingerprint density at radius 3 is 2.39 bits per heavy atom. The van der Waals surface area contributed by atoms with Crippen molar-refractivity contribution in [3.05, 3.63) is 107 Å². The van der Waals surface area contributed by atoms with E-state index in [2.05, 4.69) is 79.6 Å². The molecule has 1 aliphatic heterocycles. The Bertz CT molecular complexity index is 2240. The fourth-order valence-corrected chi connectivity index (χ4v) is 13.6. The van der Waals surface area contributed by atoms with Crippen LogP contribution in [0.2, 0.25) is 0 Å². The lowest BCUT2D eigenvalue weighted by Crippen LogP contribution is -2.52. The number of aliphatic carboxylic acids is 1. The summed E-state index contributed by atoms with van der Waals surface area (Å²) in [5, 5.41) is 73.0. The van der Waals surface area contributed by atoms with E-state index in [0.717, 1.165) is 61.9 Å². The van der Waals surface area contributed by atoms with Crippen molar-refractivity contribution in [2.75, 3.05) is 6.54 Å². The maximum atomic E-state index is 13.4. The fourth-order valence-electron chi connectivity index (χ4n) is 13.6. The van der Waals surface area contributed by atoms with E-state index < -0.39 is 23.6 Å². The van der Waals surface area contributed by atoms with Gasteiger partial charge < -0.3 is 46.7 Å². The van der Waals surface area contributed by atoms with Crippen LogP contribution in [0.3, 0.4) is 0 Å².